The van der Waals surface area contributed by atoms with Gasteiger partial charge in [-0.25, -0.2) is 0 Å². The van der Waals surface area contributed by atoms with E-state index in [2.05, 4.69) is 13.8 Å². The van der Waals surface area contributed by atoms with Gasteiger partial charge < -0.3 is 13.3 Å². The van der Waals surface area contributed by atoms with Gasteiger partial charge in [-0.15, -0.1) is 0 Å². The Bertz CT molecular complexity index is 191. The predicted octanol–water partition coefficient (Wildman–Crippen LogP) is 4.25. The van der Waals surface area contributed by atoms with E-state index in [0.717, 1.165) is 12.5 Å². The third kappa shape index (κ3) is 7.51. The minimum absolute atomic E-state index is 0.137. The summed E-state index contributed by atoms with van der Waals surface area (Å²) in [5, 5.41) is 0. The molecular weight excluding hydrogens is 244 g/mol. The van der Waals surface area contributed by atoms with E-state index in [1.807, 2.05) is 41.5 Å². The molecule has 0 N–H and O–H groups in total. The van der Waals surface area contributed by atoms with E-state index in [1.165, 1.54) is 0 Å². The summed E-state index contributed by atoms with van der Waals surface area (Å²) >= 11 is 0. The molecular formula is C14H32O3Si. The monoisotopic (exact) mass is 276 g/mol. The lowest BCUT2D eigenvalue weighted by Gasteiger charge is -2.36. The molecule has 1 atom stereocenters. The topological polar surface area (TPSA) is 27.7 Å². The maximum absolute atomic E-state index is 6.13. The largest absolute Gasteiger partial charge is 0.501 e. The first-order valence-corrected chi connectivity index (χ1v) is 9.17. The van der Waals surface area contributed by atoms with Crippen LogP contribution in [-0.2, 0) is 13.3 Å². The normalized spacial score (nSPS) is 14.8. The predicted molar refractivity (Wildman–Crippen MR) is 78.7 cm³/mol. The van der Waals surface area contributed by atoms with E-state index in [-0.39, 0.29) is 18.3 Å². The van der Waals surface area contributed by atoms with Crippen molar-refractivity contribution in [3.8, 4) is 0 Å². The van der Waals surface area contributed by atoms with E-state index in [4.69, 9.17) is 13.3 Å². The standard InChI is InChI=1S/C14H32O3Si/c1-9-14(8)10-18(15-11(2)3,16-12(4)5)17-13(6)7/h11-14H,9-10H2,1-8H3. The molecule has 0 radical (unpaired) electrons. The van der Waals surface area contributed by atoms with Gasteiger partial charge in [-0.1, -0.05) is 20.3 Å². The van der Waals surface area contributed by atoms with Crippen LogP contribution in [0.15, 0.2) is 0 Å². The molecule has 0 bridgehead atoms. The van der Waals surface area contributed by atoms with Crippen molar-refractivity contribution in [2.45, 2.75) is 86.2 Å². The highest BCUT2D eigenvalue weighted by Gasteiger charge is 2.45. The van der Waals surface area contributed by atoms with Gasteiger partial charge in [-0.2, -0.15) is 0 Å². The molecule has 0 aromatic carbocycles. The summed E-state index contributed by atoms with van der Waals surface area (Å²) in [4.78, 5) is 0. The van der Waals surface area contributed by atoms with Gasteiger partial charge in [0, 0.05) is 24.4 Å². The highest BCUT2D eigenvalue weighted by atomic mass is 28.4. The van der Waals surface area contributed by atoms with E-state index in [9.17, 15) is 0 Å². The minimum atomic E-state index is -2.57. The zero-order valence-electron chi connectivity index (χ0n) is 13.4. The summed E-state index contributed by atoms with van der Waals surface area (Å²) in [5.41, 5.74) is 0. The molecule has 0 aliphatic rings. The fourth-order valence-electron chi connectivity index (χ4n) is 1.88. The second kappa shape index (κ2) is 8.30. The van der Waals surface area contributed by atoms with Crippen LogP contribution in [0.2, 0.25) is 6.04 Å². The molecule has 0 heterocycles. The van der Waals surface area contributed by atoms with Crippen LogP contribution in [0.1, 0.15) is 61.8 Å². The Balaban J connectivity index is 4.97. The minimum Gasteiger partial charge on any atom is -0.371 e. The average molecular weight is 276 g/mol. The molecule has 0 fully saturated rings. The molecule has 0 amide bonds. The van der Waals surface area contributed by atoms with Gasteiger partial charge in [-0.05, 0) is 47.5 Å². The van der Waals surface area contributed by atoms with Gasteiger partial charge in [0.25, 0.3) is 0 Å². The van der Waals surface area contributed by atoms with Crippen LogP contribution in [0, 0.1) is 5.92 Å². The molecule has 0 aliphatic heterocycles. The van der Waals surface area contributed by atoms with Gasteiger partial charge in [0.05, 0.1) is 0 Å². The zero-order chi connectivity index (χ0) is 14.3. The van der Waals surface area contributed by atoms with Crippen LogP contribution in [0.5, 0.6) is 0 Å². The highest BCUT2D eigenvalue weighted by Crippen LogP contribution is 2.27. The Morgan fingerprint density at radius 1 is 0.722 bits per heavy atom. The number of hydrogen-bond donors (Lipinski definition) is 0. The smallest absolute Gasteiger partial charge is 0.371 e. The van der Waals surface area contributed by atoms with Gasteiger partial charge in [0.2, 0.25) is 0 Å². The van der Waals surface area contributed by atoms with Gasteiger partial charge in [-0.3, -0.25) is 0 Å². The molecule has 0 aliphatic carbocycles. The SMILES string of the molecule is CCC(C)C[Si](OC(C)C)(OC(C)C)OC(C)C. The van der Waals surface area contributed by atoms with Crippen molar-refractivity contribution in [1.29, 1.82) is 0 Å². The molecule has 0 rings (SSSR count). The lowest BCUT2D eigenvalue weighted by Crippen LogP contribution is -2.51. The van der Waals surface area contributed by atoms with Crippen molar-refractivity contribution in [3.63, 3.8) is 0 Å². The van der Waals surface area contributed by atoms with Gasteiger partial charge >= 0.3 is 8.80 Å². The number of hydrogen-bond acceptors (Lipinski definition) is 3. The van der Waals surface area contributed by atoms with Crippen LogP contribution in [0.3, 0.4) is 0 Å². The van der Waals surface area contributed by atoms with Crippen molar-refractivity contribution in [2.75, 3.05) is 0 Å². The zero-order valence-corrected chi connectivity index (χ0v) is 14.4. The second-order valence-corrected chi connectivity index (χ2v) is 8.38. The summed E-state index contributed by atoms with van der Waals surface area (Å²) in [7, 11) is -2.57. The molecule has 0 spiro atoms. The lowest BCUT2D eigenvalue weighted by molar-refractivity contribution is 0.000550. The third-order valence-electron chi connectivity index (χ3n) is 2.54. The Hall–Kier alpha value is 0.0969. The van der Waals surface area contributed by atoms with Crippen LogP contribution in [0.4, 0.5) is 0 Å². The van der Waals surface area contributed by atoms with Crippen molar-refractivity contribution >= 4 is 8.80 Å². The molecule has 3 nitrogen and oxygen atoms in total. The molecule has 0 aromatic heterocycles. The second-order valence-electron chi connectivity index (χ2n) is 5.90. The molecule has 0 aromatic rings. The van der Waals surface area contributed by atoms with E-state index >= 15 is 0 Å². The van der Waals surface area contributed by atoms with Crippen molar-refractivity contribution < 1.29 is 13.3 Å². The summed E-state index contributed by atoms with van der Waals surface area (Å²) in [6.07, 6.45) is 1.54. The first kappa shape index (κ1) is 18.1. The quantitative estimate of drug-likeness (QED) is 0.589. The summed E-state index contributed by atoms with van der Waals surface area (Å²) in [5.74, 6) is 0.563. The molecule has 4 heteroatoms. The molecule has 1 unspecified atom stereocenters. The van der Waals surface area contributed by atoms with E-state index < -0.39 is 8.80 Å². The molecule has 0 saturated carbocycles. The first-order valence-electron chi connectivity index (χ1n) is 7.24. The van der Waals surface area contributed by atoms with Crippen molar-refractivity contribution in [1.82, 2.24) is 0 Å². The average Bonchev–Trinajstić information content (AvgIpc) is 2.12. The van der Waals surface area contributed by atoms with E-state index in [1.54, 1.807) is 0 Å². The van der Waals surface area contributed by atoms with Gasteiger partial charge in [0.1, 0.15) is 0 Å². The highest BCUT2D eigenvalue weighted by molar-refractivity contribution is 6.60. The molecule has 18 heavy (non-hydrogen) atoms. The summed E-state index contributed by atoms with van der Waals surface area (Å²) in [6, 6.07) is 0.901. The lowest BCUT2D eigenvalue weighted by atomic mass is 10.2. The van der Waals surface area contributed by atoms with Crippen LogP contribution < -0.4 is 0 Å². The molecule has 0 saturated heterocycles. The maximum atomic E-state index is 6.13. The number of rotatable bonds is 9. The third-order valence-corrected chi connectivity index (χ3v) is 6.23. The van der Waals surface area contributed by atoms with E-state index in [0.29, 0.717) is 5.92 Å². The van der Waals surface area contributed by atoms with Crippen molar-refractivity contribution in [2.24, 2.45) is 5.92 Å². The Labute approximate surface area is 115 Å². The Kier molecular flexibility index (Phi) is 8.35. The summed E-state index contributed by atoms with van der Waals surface area (Å²) < 4.78 is 18.4. The van der Waals surface area contributed by atoms with Crippen LogP contribution in [0.25, 0.3) is 0 Å². The molecule has 110 valence electrons. The Morgan fingerprint density at radius 3 is 1.28 bits per heavy atom. The first-order chi connectivity index (χ1) is 8.20. The van der Waals surface area contributed by atoms with Crippen molar-refractivity contribution in [3.05, 3.63) is 0 Å². The summed E-state index contributed by atoms with van der Waals surface area (Å²) in [6.45, 7) is 16.7. The van der Waals surface area contributed by atoms with Crippen LogP contribution >= 0.6 is 0 Å². The fraction of sp³-hybridized carbons (Fsp3) is 1.00. The maximum Gasteiger partial charge on any atom is 0.501 e. The van der Waals surface area contributed by atoms with Crippen LogP contribution in [-0.4, -0.2) is 27.1 Å². The van der Waals surface area contributed by atoms with Gasteiger partial charge in [0.15, 0.2) is 0 Å². The fourth-order valence-corrected chi connectivity index (χ4v) is 5.63. The Morgan fingerprint density at radius 2 is 1.06 bits per heavy atom.